The molecule has 0 aliphatic rings. The Morgan fingerprint density at radius 1 is 1.13 bits per heavy atom. The minimum Gasteiger partial charge on any atom is -0.328 e. The first kappa shape index (κ1) is 16.7. The van der Waals surface area contributed by atoms with Gasteiger partial charge in [0.2, 0.25) is 0 Å². The predicted molar refractivity (Wildman–Crippen MR) is 102 cm³/mol. The van der Waals surface area contributed by atoms with Gasteiger partial charge in [0.15, 0.2) is 5.65 Å². The molecule has 0 aliphatic heterocycles. The fraction of sp³-hybridized carbons (Fsp3) is 0.444. The van der Waals surface area contributed by atoms with Gasteiger partial charge in [-0.3, -0.25) is 0 Å². The van der Waals surface area contributed by atoms with Gasteiger partial charge < -0.3 is 4.57 Å². The zero-order valence-electron chi connectivity index (χ0n) is 14.3. The number of nitrogens with zero attached hydrogens (tertiary/aromatic N) is 3. The van der Waals surface area contributed by atoms with Gasteiger partial charge in [0.1, 0.15) is 11.2 Å². The van der Waals surface area contributed by atoms with E-state index in [2.05, 4.69) is 67.4 Å². The highest BCUT2D eigenvalue weighted by atomic mass is 79.9. The molecule has 3 nitrogen and oxygen atoms in total. The van der Waals surface area contributed by atoms with Crippen molar-refractivity contribution in [1.29, 1.82) is 0 Å². The van der Waals surface area contributed by atoms with Crippen molar-refractivity contribution < 1.29 is 0 Å². The van der Waals surface area contributed by atoms with Crippen LogP contribution in [0.25, 0.3) is 21.7 Å². The van der Waals surface area contributed by atoms with Gasteiger partial charge in [-0.15, -0.1) is 11.3 Å². The highest BCUT2D eigenvalue weighted by molar-refractivity contribution is 9.11. The average Bonchev–Trinajstić information content (AvgIpc) is 3.00. The van der Waals surface area contributed by atoms with E-state index < -0.39 is 0 Å². The largest absolute Gasteiger partial charge is 0.328 e. The fourth-order valence-corrected chi connectivity index (χ4v) is 4.91. The van der Waals surface area contributed by atoms with Crippen molar-refractivity contribution in [3.8, 4) is 10.6 Å². The fourth-order valence-electron chi connectivity index (χ4n) is 3.14. The summed E-state index contributed by atoms with van der Waals surface area (Å²) in [6, 6.07) is 2.64. The van der Waals surface area contributed by atoms with Crippen molar-refractivity contribution >= 4 is 38.4 Å². The predicted octanol–water partition coefficient (Wildman–Crippen LogP) is 6.21. The standard InChI is InChI=1S/C18H22BrN3S/c1-6-13(7-2)22-9-11(4)15-18(22)20-12(5)16(21-15)17-10(3)8-14(19)23-17/h8-9,13H,6-7H2,1-5H3. The first-order chi connectivity index (χ1) is 11.0. The molecule has 0 unspecified atom stereocenters. The van der Waals surface area contributed by atoms with E-state index in [-0.39, 0.29) is 0 Å². The molecule has 0 bridgehead atoms. The van der Waals surface area contributed by atoms with Crippen molar-refractivity contribution in [2.45, 2.75) is 53.5 Å². The monoisotopic (exact) mass is 391 g/mol. The minimum absolute atomic E-state index is 0.489. The zero-order valence-corrected chi connectivity index (χ0v) is 16.7. The summed E-state index contributed by atoms with van der Waals surface area (Å²) >= 11 is 5.30. The zero-order chi connectivity index (χ0) is 16.7. The maximum Gasteiger partial charge on any atom is 0.159 e. The molecule has 3 aromatic rings. The van der Waals surface area contributed by atoms with E-state index in [0.29, 0.717) is 6.04 Å². The lowest BCUT2D eigenvalue weighted by Gasteiger charge is -2.16. The molecule has 0 N–H and O–H groups in total. The third kappa shape index (κ3) is 2.85. The number of fused-ring (bicyclic) bond motifs is 1. The van der Waals surface area contributed by atoms with Crippen LogP contribution in [0.5, 0.6) is 0 Å². The Kier molecular flexibility index (Phi) is 4.61. The lowest BCUT2D eigenvalue weighted by molar-refractivity contribution is 0.482. The normalized spacial score (nSPS) is 11.8. The van der Waals surface area contributed by atoms with E-state index in [1.165, 1.54) is 16.0 Å². The summed E-state index contributed by atoms with van der Waals surface area (Å²) in [5, 5.41) is 0. The van der Waals surface area contributed by atoms with Crippen molar-refractivity contribution in [3.63, 3.8) is 0 Å². The van der Waals surface area contributed by atoms with Gasteiger partial charge in [0, 0.05) is 12.2 Å². The van der Waals surface area contributed by atoms with Gasteiger partial charge in [0.25, 0.3) is 0 Å². The first-order valence-corrected chi connectivity index (χ1v) is 9.69. The third-order valence-corrected chi connectivity index (χ3v) is 6.19. The van der Waals surface area contributed by atoms with Crippen LogP contribution in [0.15, 0.2) is 16.0 Å². The number of hydrogen-bond donors (Lipinski definition) is 0. The van der Waals surface area contributed by atoms with Gasteiger partial charge in [-0.25, -0.2) is 9.97 Å². The highest BCUT2D eigenvalue weighted by Gasteiger charge is 2.18. The molecule has 0 amide bonds. The number of halogens is 1. The maximum atomic E-state index is 5.00. The summed E-state index contributed by atoms with van der Waals surface area (Å²) in [7, 11) is 0. The Morgan fingerprint density at radius 2 is 1.83 bits per heavy atom. The first-order valence-electron chi connectivity index (χ1n) is 8.08. The second-order valence-electron chi connectivity index (χ2n) is 6.08. The molecule has 3 rings (SSSR count). The Hall–Kier alpha value is -1.20. The Bertz CT molecular complexity index is 859. The van der Waals surface area contributed by atoms with Crippen molar-refractivity contribution in [3.05, 3.63) is 32.9 Å². The minimum atomic E-state index is 0.489. The highest BCUT2D eigenvalue weighted by Crippen LogP contribution is 2.37. The van der Waals surface area contributed by atoms with E-state index in [9.17, 15) is 0 Å². The summed E-state index contributed by atoms with van der Waals surface area (Å²) in [5.74, 6) is 0. The van der Waals surface area contributed by atoms with Crippen LogP contribution in [0, 0.1) is 20.8 Å². The van der Waals surface area contributed by atoms with Crippen LogP contribution in [0.4, 0.5) is 0 Å². The number of thiophene rings is 1. The van der Waals surface area contributed by atoms with E-state index >= 15 is 0 Å². The second-order valence-corrected chi connectivity index (χ2v) is 8.51. The van der Waals surface area contributed by atoms with Crippen LogP contribution in [0.3, 0.4) is 0 Å². The molecule has 0 saturated heterocycles. The van der Waals surface area contributed by atoms with E-state index in [0.717, 1.165) is 39.2 Å². The topological polar surface area (TPSA) is 30.7 Å². The molecule has 0 spiro atoms. The molecule has 3 heterocycles. The molecule has 0 radical (unpaired) electrons. The van der Waals surface area contributed by atoms with Crippen molar-refractivity contribution in [1.82, 2.24) is 14.5 Å². The van der Waals surface area contributed by atoms with Crippen LogP contribution in [-0.2, 0) is 0 Å². The molecular weight excluding hydrogens is 370 g/mol. The molecule has 0 fully saturated rings. The molecule has 23 heavy (non-hydrogen) atoms. The van der Waals surface area contributed by atoms with Gasteiger partial charge in [0.05, 0.1) is 14.4 Å². The summed E-state index contributed by atoms with van der Waals surface area (Å²) in [4.78, 5) is 11.1. The molecule has 0 saturated carbocycles. The second kappa shape index (κ2) is 6.36. The Labute approximate surface area is 149 Å². The lowest BCUT2D eigenvalue weighted by Crippen LogP contribution is -2.07. The van der Waals surface area contributed by atoms with Gasteiger partial charge in [-0.2, -0.15) is 0 Å². The summed E-state index contributed by atoms with van der Waals surface area (Å²) in [5.41, 5.74) is 6.51. The lowest BCUT2D eigenvalue weighted by atomic mass is 10.2. The van der Waals surface area contributed by atoms with Crippen LogP contribution in [-0.4, -0.2) is 14.5 Å². The summed E-state index contributed by atoms with van der Waals surface area (Å²) in [6.07, 6.45) is 4.43. The Morgan fingerprint density at radius 3 is 2.39 bits per heavy atom. The summed E-state index contributed by atoms with van der Waals surface area (Å²) in [6.45, 7) is 10.8. The number of aromatic nitrogens is 3. The molecule has 5 heteroatoms. The molecule has 3 aromatic heterocycles. The van der Waals surface area contributed by atoms with Gasteiger partial charge in [-0.1, -0.05) is 13.8 Å². The van der Waals surface area contributed by atoms with E-state index in [4.69, 9.17) is 9.97 Å². The molecular formula is C18H22BrN3S. The summed E-state index contributed by atoms with van der Waals surface area (Å²) < 4.78 is 3.45. The molecule has 0 aliphatic carbocycles. The third-order valence-electron chi connectivity index (χ3n) is 4.44. The van der Waals surface area contributed by atoms with E-state index in [1.807, 2.05) is 0 Å². The maximum absolute atomic E-state index is 5.00. The van der Waals surface area contributed by atoms with Crippen LogP contribution >= 0.6 is 27.3 Å². The smallest absolute Gasteiger partial charge is 0.159 e. The van der Waals surface area contributed by atoms with E-state index in [1.54, 1.807) is 11.3 Å². The molecule has 122 valence electrons. The molecule has 0 aromatic carbocycles. The van der Waals surface area contributed by atoms with Crippen molar-refractivity contribution in [2.75, 3.05) is 0 Å². The number of rotatable bonds is 4. The quantitative estimate of drug-likeness (QED) is 0.529. The van der Waals surface area contributed by atoms with Crippen LogP contribution in [0.2, 0.25) is 0 Å². The van der Waals surface area contributed by atoms with Gasteiger partial charge in [-0.05, 0) is 66.7 Å². The molecule has 0 atom stereocenters. The number of hydrogen-bond acceptors (Lipinski definition) is 3. The van der Waals surface area contributed by atoms with Crippen LogP contribution < -0.4 is 0 Å². The van der Waals surface area contributed by atoms with Gasteiger partial charge >= 0.3 is 0 Å². The van der Waals surface area contributed by atoms with Crippen LogP contribution in [0.1, 0.15) is 49.6 Å². The number of aryl methyl sites for hydroxylation is 3. The Balaban J connectivity index is 2.23. The SMILES string of the molecule is CCC(CC)n1cc(C)c2nc(-c3sc(Br)cc3C)c(C)nc21. The average molecular weight is 392 g/mol. The van der Waals surface area contributed by atoms with Crippen molar-refractivity contribution in [2.24, 2.45) is 0 Å².